The number of aromatic nitrogens is 1. The van der Waals surface area contributed by atoms with E-state index < -0.39 is 17.5 Å². The number of aliphatic hydroxyl groups excluding tert-OH is 1. The summed E-state index contributed by atoms with van der Waals surface area (Å²) in [7, 11) is 0. The van der Waals surface area contributed by atoms with Crippen molar-refractivity contribution in [2.75, 3.05) is 0 Å². The molecule has 0 saturated heterocycles. The molecule has 0 radical (unpaired) electrons. The van der Waals surface area contributed by atoms with Crippen molar-refractivity contribution in [2.24, 2.45) is 4.99 Å². The quantitative estimate of drug-likeness (QED) is 0.363. The van der Waals surface area contributed by atoms with Crippen LogP contribution >= 0.6 is 11.6 Å². The van der Waals surface area contributed by atoms with Gasteiger partial charge < -0.3 is 10.2 Å². The number of carboxylic acids is 1. The Labute approximate surface area is 142 Å². The predicted octanol–water partition coefficient (Wildman–Crippen LogP) is 4.41. The largest absolute Gasteiger partial charge is 0.506 e. The van der Waals surface area contributed by atoms with Gasteiger partial charge in [-0.1, -0.05) is 18.5 Å². The number of nitrogens with zero attached hydrogens (tertiary/aromatic N) is 2. The summed E-state index contributed by atoms with van der Waals surface area (Å²) in [4.78, 5) is 19.7. The first-order chi connectivity index (χ1) is 11.4. The number of aliphatic carboxylic acids is 1. The molecule has 0 spiro atoms. The lowest BCUT2D eigenvalue weighted by Gasteiger charge is -2.10. The van der Waals surface area contributed by atoms with Crippen LogP contribution in [0.3, 0.4) is 0 Å². The molecule has 0 aliphatic heterocycles. The van der Waals surface area contributed by atoms with Crippen molar-refractivity contribution >= 4 is 34.7 Å². The molecule has 0 fully saturated rings. The van der Waals surface area contributed by atoms with Crippen LogP contribution in [-0.2, 0) is 4.79 Å². The molecule has 0 amide bonds. The van der Waals surface area contributed by atoms with E-state index in [1.165, 1.54) is 42.6 Å². The fourth-order valence-corrected chi connectivity index (χ4v) is 2.25. The third kappa shape index (κ3) is 3.97. The molecule has 1 heterocycles. The molecular weight excluding hydrogens is 335 g/mol. The van der Waals surface area contributed by atoms with Crippen LogP contribution < -0.4 is 0 Å². The first-order valence-corrected chi connectivity index (χ1v) is 7.42. The van der Waals surface area contributed by atoms with E-state index in [1.807, 2.05) is 0 Å². The van der Waals surface area contributed by atoms with Crippen LogP contribution in [0, 0.1) is 5.82 Å². The van der Waals surface area contributed by atoms with E-state index in [0.717, 1.165) is 0 Å². The fraction of sp³-hybridized carbons (Fsp3) is 0.118. The maximum Gasteiger partial charge on any atom is 0.341 e. The minimum absolute atomic E-state index is 0.0222. The van der Waals surface area contributed by atoms with E-state index in [-0.39, 0.29) is 28.4 Å². The highest BCUT2D eigenvalue weighted by Gasteiger charge is 2.22. The molecule has 0 atom stereocenters. The SMILES string of the molecule is CCC(=Nc1ccc(F)cc1)C(C(=O)O)=C(O)c1cccnc1Cl. The standard InChI is InChI=1S/C17H14ClFN2O3/c1-2-13(21-11-7-5-10(19)6-8-11)14(17(23)24)15(22)12-4-3-9-20-16(12)18/h3-9,22H,2H2,1H3,(H,23,24). The van der Waals surface area contributed by atoms with Crippen LogP contribution in [0.5, 0.6) is 0 Å². The summed E-state index contributed by atoms with van der Waals surface area (Å²) < 4.78 is 13.0. The van der Waals surface area contributed by atoms with Gasteiger partial charge in [-0.25, -0.2) is 14.2 Å². The highest BCUT2D eigenvalue weighted by molar-refractivity contribution is 6.32. The van der Waals surface area contributed by atoms with Crippen molar-refractivity contribution in [1.82, 2.24) is 4.98 Å². The number of carboxylic acid groups (broad SMARTS) is 1. The molecule has 2 rings (SSSR count). The normalized spacial score (nSPS) is 12.7. The van der Waals surface area contributed by atoms with E-state index in [4.69, 9.17) is 11.6 Å². The van der Waals surface area contributed by atoms with Crippen LogP contribution in [0.2, 0.25) is 5.15 Å². The van der Waals surface area contributed by atoms with Gasteiger partial charge in [0.05, 0.1) is 17.0 Å². The summed E-state index contributed by atoms with van der Waals surface area (Å²) in [5.41, 5.74) is 0.220. The van der Waals surface area contributed by atoms with Crippen molar-refractivity contribution in [3.63, 3.8) is 0 Å². The molecule has 7 heteroatoms. The molecule has 0 bridgehead atoms. The van der Waals surface area contributed by atoms with Gasteiger partial charge >= 0.3 is 5.97 Å². The molecule has 2 aromatic rings. The van der Waals surface area contributed by atoms with Gasteiger partial charge in [-0.05, 0) is 42.8 Å². The maximum absolute atomic E-state index is 13.0. The number of carbonyl (C=O) groups is 1. The number of benzene rings is 1. The van der Waals surface area contributed by atoms with Crippen LogP contribution in [0.1, 0.15) is 18.9 Å². The summed E-state index contributed by atoms with van der Waals surface area (Å²) in [6, 6.07) is 8.25. The Kier molecular flexibility index (Phi) is 5.65. The topological polar surface area (TPSA) is 82.8 Å². The van der Waals surface area contributed by atoms with E-state index in [2.05, 4.69) is 9.98 Å². The number of pyridine rings is 1. The lowest BCUT2D eigenvalue weighted by molar-refractivity contribution is -0.132. The van der Waals surface area contributed by atoms with Gasteiger partial charge in [-0.15, -0.1) is 0 Å². The molecule has 0 aliphatic rings. The molecule has 1 aromatic heterocycles. The lowest BCUT2D eigenvalue weighted by atomic mass is 10.0. The summed E-state index contributed by atoms with van der Waals surface area (Å²) in [6.45, 7) is 1.70. The molecular formula is C17H14ClFN2O3. The lowest BCUT2D eigenvalue weighted by Crippen LogP contribution is -2.14. The van der Waals surface area contributed by atoms with Crippen molar-refractivity contribution < 1.29 is 19.4 Å². The Morgan fingerprint density at radius 1 is 1.25 bits per heavy atom. The van der Waals surface area contributed by atoms with Gasteiger partial charge in [0.25, 0.3) is 0 Å². The first-order valence-electron chi connectivity index (χ1n) is 7.05. The second kappa shape index (κ2) is 7.70. The zero-order valence-corrected chi connectivity index (χ0v) is 13.5. The average molecular weight is 349 g/mol. The second-order valence-electron chi connectivity index (χ2n) is 4.76. The summed E-state index contributed by atoms with van der Waals surface area (Å²) in [5, 5.41) is 19.9. The zero-order chi connectivity index (χ0) is 17.7. The molecule has 0 saturated carbocycles. The van der Waals surface area contributed by atoms with E-state index in [1.54, 1.807) is 6.92 Å². The minimum Gasteiger partial charge on any atom is -0.506 e. The molecule has 5 nitrogen and oxygen atoms in total. The van der Waals surface area contributed by atoms with Gasteiger partial charge in [0.2, 0.25) is 0 Å². The third-order valence-electron chi connectivity index (χ3n) is 3.18. The Balaban J connectivity index is 2.59. The smallest absolute Gasteiger partial charge is 0.341 e. The second-order valence-corrected chi connectivity index (χ2v) is 5.12. The molecule has 2 N–H and O–H groups in total. The van der Waals surface area contributed by atoms with Crippen molar-refractivity contribution in [1.29, 1.82) is 0 Å². The molecule has 0 unspecified atom stereocenters. The Hall–Kier alpha value is -2.73. The summed E-state index contributed by atoms with van der Waals surface area (Å²) in [6.07, 6.45) is 1.66. The Morgan fingerprint density at radius 2 is 1.92 bits per heavy atom. The van der Waals surface area contributed by atoms with E-state index in [9.17, 15) is 19.4 Å². The van der Waals surface area contributed by atoms with Crippen molar-refractivity contribution in [3.8, 4) is 0 Å². The van der Waals surface area contributed by atoms with E-state index >= 15 is 0 Å². The first kappa shape index (κ1) is 17.6. The third-order valence-corrected chi connectivity index (χ3v) is 3.48. The molecule has 0 aliphatic carbocycles. The molecule has 124 valence electrons. The van der Waals surface area contributed by atoms with Crippen LogP contribution in [0.15, 0.2) is 53.2 Å². The molecule has 1 aromatic carbocycles. The van der Waals surface area contributed by atoms with E-state index in [0.29, 0.717) is 5.69 Å². The number of hydrogen-bond acceptors (Lipinski definition) is 4. The number of rotatable bonds is 5. The maximum atomic E-state index is 13.0. The summed E-state index contributed by atoms with van der Waals surface area (Å²) >= 11 is 5.91. The number of halogens is 2. The zero-order valence-electron chi connectivity index (χ0n) is 12.7. The van der Waals surface area contributed by atoms with Crippen LogP contribution in [0.4, 0.5) is 10.1 Å². The number of aliphatic hydroxyl groups is 1. The Morgan fingerprint density at radius 3 is 2.46 bits per heavy atom. The fourth-order valence-electron chi connectivity index (χ4n) is 2.04. The van der Waals surface area contributed by atoms with Gasteiger partial charge in [-0.2, -0.15) is 0 Å². The highest BCUT2D eigenvalue weighted by Crippen LogP contribution is 2.25. The Bertz CT molecular complexity index is 817. The predicted molar refractivity (Wildman–Crippen MR) is 90.2 cm³/mol. The summed E-state index contributed by atoms with van der Waals surface area (Å²) in [5.74, 6) is -2.30. The monoisotopic (exact) mass is 348 g/mol. The number of aliphatic imine (C=N–C) groups is 1. The van der Waals surface area contributed by atoms with Gasteiger partial charge in [-0.3, -0.25) is 4.99 Å². The van der Waals surface area contributed by atoms with Gasteiger partial charge in [0, 0.05) is 6.20 Å². The minimum atomic E-state index is -1.35. The van der Waals surface area contributed by atoms with Crippen LogP contribution in [0.25, 0.3) is 5.76 Å². The average Bonchev–Trinajstić information content (AvgIpc) is 2.56. The molecule has 24 heavy (non-hydrogen) atoms. The van der Waals surface area contributed by atoms with Gasteiger partial charge in [0.15, 0.2) is 0 Å². The van der Waals surface area contributed by atoms with Crippen molar-refractivity contribution in [2.45, 2.75) is 13.3 Å². The van der Waals surface area contributed by atoms with Gasteiger partial charge in [0.1, 0.15) is 22.3 Å². The van der Waals surface area contributed by atoms with Crippen LogP contribution in [-0.4, -0.2) is 26.9 Å². The van der Waals surface area contributed by atoms with Crippen molar-refractivity contribution in [3.05, 3.63) is 64.7 Å². The highest BCUT2D eigenvalue weighted by atomic mass is 35.5. The number of hydrogen-bond donors (Lipinski definition) is 2.